The number of anilines is 2. The molecule has 0 bridgehead atoms. The minimum atomic E-state index is -3.90. The number of H-pyrrole nitrogens is 1. The molecule has 0 fully saturated rings. The van der Waals surface area contributed by atoms with Gasteiger partial charge in [-0.25, -0.2) is 18.9 Å². The van der Waals surface area contributed by atoms with Crippen molar-refractivity contribution in [2.24, 2.45) is 0 Å². The second kappa shape index (κ2) is 21.2. The van der Waals surface area contributed by atoms with Gasteiger partial charge in [0.1, 0.15) is 36.1 Å². The predicted molar refractivity (Wildman–Crippen MR) is 260 cm³/mol. The van der Waals surface area contributed by atoms with Gasteiger partial charge in [-0.2, -0.15) is 22.7 Å². The Morgan fingerprint density at radius 2 is 1.35 bits per heavy atom. The quantitative estimate of drug-likeness (QED) is 0.0177. The van der Waals surface area contributed by atoms with Gasteiger partial charge in [-0.1, -0.05) is 0 Å². The summed E-state index contributed by atoms with van der Waals surface area (Å²) in [5.41, 5.74) is 2.15. The fraction of sp³-hybridized carbons (Fsp3) is 0.431. The van der Waals surface area contributed by atoms with Crippen LogP contribution in [0.1, 0.15) is 73.7 Å². The Balaban J connectivity index is 1.12. The number of nitrogens with one attached hydrogen (secondary N) is 2. The van der Waals surface area contributed by atoms with Gasteiger partial charge >= 0.3 is 11.8 Å². The molecule has 0 radical (unpaired) electrons. The topological polar surface area (TPSA) is 205 Å². The zero-order chi connectivity index (χ0) is 52.3. The van der Waals surface area contributed by atoms with Crippen molar-refractivity contribution in [3.63, 3.8) is 0 Å². The Labute approximate surface area is 412 Å². The van der Waals surface area contributed by atoms with E-state index in [9.17, 15) is 10.2 Å². The van der Waals surface area contributed by atoms with Gasteiger partial charge in [-0.3, -0.25) is 5.10 Å². The fourth-order valence-corrected chi connectivity index (χ4v) is 8.27. The van der Waals surface area contributed by atoms with E-state index in [0.717, 1.165) is 33.8 Å². The van der Waals surface area contributed by atoms with Crippen molar-refractivity contribution in [1.29, 1.82) is 0 Å². The van der Waals surface area contributed by atoms with E-state index in [2.05, 4.69) is 25.5 Å². The highest BCUT2D eigenvalue weighted by molar-refractivity contribution is 5.91. The van der Waals surface area contributed by atoms with Crippen LogP contribution in [0.4, 0.5) is 33.5 Å². The molecule has 386 valence electrons. The van der Waals surface area contributed by atoms with E-state index in [-0.39, 0.29) is 50.8 Å². The number of fused-ring (bicyclic) bond motifs is 3. The Kier molecular flexibility index (Phi) is 15.6. The Bertz CT molecular complexity index is 3090. The number of hydrogen-bond acceptors (Lipinski definition) is 14. The molecule has 21 heteroatoms. The van der Waals surface area contributed by atoms with Gasteiger partial charge in [0, 0.05) is 54.3 Å². The first kappa shape index (κ1) is 53.1. The lowest BCUT2D eigenvalue weighted by molar-refractivity contribution is -0.727. The van der Waals surface area contributed by atoms with Crippen molar-refractivity contribution in [2.75, 3.05) is 58.8 Å². The van der Waals surface area contributed by atoms with Crippen LogP contribution < -0.4 is 34.6 Å². The maximum absolute atomic E-state index is 15.6. The summed E-state index contributed by atoms with van der Waals surface area (Å²) >= 11 is 0. The first-order valence-electron chi connectivity index (χ1n) is 23.1. The van der Waals surface area contributed by atoms with Gasteiger partial charge in [-0.15, -0.1) is 4.98 Å². The number of hydrogen-bond donors (Lipinski definition) is 5. The Morgan fingerprint density at radius 1 is 0.708 bits per heavy atom. The van der Waals surface area contributed by atoms with Crippen LogP contribution in [-0.2, 0) is 47.4 Å². The molecular formula is C51H60F5N8O8+. The minimum absolute atomic E-state index is 0.0152. The number of nitrogens with two attached hydrogens (primary N) is 1. The second-order valence-electron chi connectivity index (χ2n) is 18.4. The number of alkyl halides is 4. The van der Waals surface area contributed by atoms with E-state index in [4.69, 9.17) is 39.1 Å². The third-order valence-electron chi connectivity index (χ3n) is 12.3. The van der Waals surface area contributed by atoms with Crippen molar-refractivity contribution in [3.05, 3.63) is 100 Å². The molecule has 72 heavy (non-hydrogen) atoms. The SMILES string of the molecule is COCCOc1cc2c(NCc3cc(C(F)(F)C(C)(C)O)cc4[nH]ncc34)[n+](COCCOc3cc4c(CCCc5cc(N)cc(C(F)(F)C(C)(C)O)c5F)nc(C)nc4cc3OC)c(C)nc2cc1OC. The molecule has 7 aromatic rings. The van der Waals surface area contributed by atoms with E-state index in [1.54, 1.807) is 56.0 Å². The van der Waals surface area contributed by atoms with Crippen molar-refractivity contribution < 1.29 is 65.2 Å². The van der Waals surface area contributed by atoms with E-state index < -0.39 is 40.0 Å². The van der Waals surface area contributed by atoms with Gasteiger partial charge < -0.3 is 49.7 Å². The highest BCUT2D eigenvalue weighted by Gasteiger charge is 2.49. The van der Waals surface area contributed by atoms with Gasteiger partial charge in [0.15, 0.2) is 35.2 Å². The normalized spacial score (nSPS) is 12.6. The number of nitrogen functional groups attached to an aromatic ring is 1. The van der Waals surface area contributed by atoms with Gasteiger partial charge in [0.25, 0.3) is 0 Å². The maximum atomic E-state index is 15.6. The number of methoxy groups -OCH3 is 3. The van der Waals surface area contributed by atoms with Crippen LogP contribution in [0.15, 0.2) is 54.7 Å². The lowest BCUT2D eigenvalue weighted by Crippen LogP contribution is -2.43. The van der Waals surface area contributed by atoms with Crippen LogP contribution in [0.25, 0.3) is 32.7 Å². The first-order valence-corrected chi connectivity index (χ1v) is 23.1. The molecule has 0 saturated carbocycles. The number of aliphatic hydroxyl groups is 2. The van der Waals surface area contributed by atoms with Gasteiger partial charge in [0.05, 0.1) is 67.9 Å². The number of nitrogens with zero attached hydrogens (tertiary/aromatic N) is 5. The molecule has 0 amide bonds. The molecule has 0 spiro atoms. The number of benzene rings is 4. The van der Waals surface area contributed by atoms with E-state index in [1.807, 2.05) is 0 Å². The Morgan fingerprint density at radius 3 is 1.99 bits per heavy atom. The molecular weight excluding hydrogens is 948 g/mol. The summed E-state index contributed by atoms with van der Waals surface area (Å²) in [6.07, 6.45) is 2.22. The fourth-order valence-electron chi connectivity index (χ4n) is 8.27. The number of aromatic amines is 1. The lowest BCUT2D eigenvalue weighted by Gasteiger charge is -2.30. The van der Waals surface area contributed by atoms with Gasteiger partial charge in [-0.05, 0) is 95.3 Å². The number of aryl methyl sites for hydroxylation is 4. The number of rotatable bonds is 23. The molecule has 0 unspecified atom stereocenters. The van der Waals surface area contributed by atoms with Gasteiger partial charge in [0.2, 0.25) is 11.6 Å². The molecule has 16 nitrogen and oxygen atoms in total. The zero-order valence-corrected chi connectivity index (χ0v) is 41.6. The van der Waals surface area contributed by atoms with Crippen LogP contribution >= 0.6 is 0 Å². The molecule has 3 heterocycles. The highest BCUT2D eigenvalue weighted by Crippen LogP contribution is 2.43. The third-order valence-corrected chi connectivity index (χ3v) is 12.3. The van der Waals surface area contributed by atoms with Crippen molar-refractivity contribution in [2.45, 2.75) is 97.1 Å². The second-order valence-corrected chi connectivity index (χ2v) is 18.4. The largest absolute Gasteiger partial charge is 0.493 e. The maximum Gasteiger partial charge on any atom is 0.303 e. The summed E-state index contributed by atoms with van der Waals surface area (Å²) in [5, 5.41) is 32.7. The summed E-state index contributed by atoms with van der Waals surface area (Å²) in [4.78, 5) is 14.1. The summed E-state index contributed by atoms with van der Waals surface area (Å²) < 4.78 is 114. The average Bonchev–Trinajstić information content (AvgIpc) is 3.80. The Hall–Kier alpha value is -6.68. The number of halogens is 5. The van der Waals surface area contributed by atoms with E-state index in [0.29, 0.717) is 104 Å². The summed E-state index contributed by atoms with van der Waals surface area (Å²) in [7, 11) is 4.57. The van der Waals surface area contributed by atoms with Crippen LogP contribution in [0, 0.1) is 19.7 Å². The van der Waals surface area contributed by atoms with Crippen LogP contribution in [0.2, 0.25) is 0 Å². The first-order chi connectivity index (χ1) is 34.0. The molecule has 7 rings (SSSR count). The molecule has 0 saturated heterocycles. The van der Waals surface area contributed by atoms with E-state index in [1.165, 1.54) is 32.4 Å². The molecule has 0 aliphatic carbocycles. The van der Waals surface area contributed by atoms with E-state index >= 15 is 22.0 Å². The predicted octanol–water partition coefficient (Wildman–Crippen LogP) is 8.29. The van der Waals surface area contributed by atoms with Crippen molar-refractivity contribution >= 4 is 44.2 Å². The summed E-state index contributed by atoms with van der Waals surface area (Å²) in [6, 6.07) is 11.7. The van der Waals surface area contributed by atoms with Crippen LogP contribution in [-0.4, -0.2) is 94.3 Å². The lowest BCUT2D eigenvalue weighted by atomic mass is 9.90. The van der Waals surface area contributed by atoms with Crippen LogP contribution in [0.3, 0.4) is 0 Å². The molecule has 3 aromatic heterocycles. The molecule has 6 N–H and O–H groups in total. The summed E-state index contributed by atoms with van der Waals surface area (Å²) in [6.45, 7) is 8.10. The molecule has 4 aromatic carbocycles. The summed E-state index contributed by atoms with van der Waals surface area (Å²) in [5.74, 6) is -5.53. The van der Waals surface area contributed by atoms with Crippen molar-refractivity contribution in [1.82, 2.24) is 25.1 Å². The molecule has 0 aliphatic rings. The van der Waals surface area contributed by atoms with Crippen molar-refractivity contribution in [3.8, 4) is 23.0 Å². The molecule has 0 atom stereocenters. The monoisotopic (exact) mass is 1010 g/mol. The smallest absolute Gasteiger partial charge is 0.303 e. The van der Waals surface area contributed by atoms with Crippen LogP contribution in [0.5, 0.6) is 23.0 Å². The minimum Gasteiger partial charge on any atom is -0.493 e. The number of ether oxygens (including phenoxy) is 6. The average molecular weight is 1010 g/mol. The zero-order valence-electron chi connectivity index (χ0n) is 41.6. The molecule has 0 aliphatic heterocycles. The third kappa shape index (κ3) is 11.0. The number of aromatic nitrogens is 6. The standard InChI is InChI=1S/C51H59F5N8O8/c1-28-60-38(12-10-11-30-18-33(57)20-37(46(30)52)51(55,56)49(5,6)66)34-21-44(42(68-8)23-39(34)61-28)72-16-14-70-27-64-29(2)62-40-24-43(69-9)45(71-15-13-67-7)22-35(40)47(64)58-25-31-17-32(50(53,54)48(3,4)65)19-41-36(31)26-59-63-41/h17-24,26,65-66H,10-16,25,27,57H2,1-9H3,(H,59,63)/p+1. The highest BCUT2D eigenvalue weighted by atomic mass is 19.3.